The standard InChI is InChI=1S/C12H13NO4S/c1-17-12(16)8-4-2-7(3-5-8)9-6-18-10(13-9)11(14)15/h2-5,9-10,13H,6H2,1H3,(H,14,15)/t9-,10+/m1/s1. The van der Waals surface area contributed by atoms with Gasteiger partial charge in [-0.2, -0.15) is 0 Å². The lowest BCUT2D eigenvalue weighted by molar-refractivity contribution is -0.137. The van der Waals surface area contributed by atoms with Gasteiger partial charge in [-0.05, 0) is 17.7 Å². The zero-order valence-corrected chi connectivity index (χ0v) is 10.6. The molecule has 5 nitrogen and oxygen atoms in total. The van der Waals surface area contributed by atoms with Gasteiger partial charge in [-0.3, -0.25) is 5.32 Å². The summed E-state index contributed by atoms with van der Waals surface area (Å²) in [6.45, 7) is 0. The average molecular weight is 267 g/mol. The Morgan fingerprint density at radius 2 is 2.06 bits per heavy atom. The van der Waals surface area contributed by atoms with E-state index in [0.29, 0.717) is 11.3 Å². The molecule has 6 heteroatoms. The number of esters is 1. The highest BCUT2D eigenvalue weighted by molar-refractivity contribution is 8.00. The minimum atomic E-state index is -0.853. The molecule has 0 amide bonds. The molecule has 0 spiro atoms. The number of carbonyl (C=O) groups excluding carboxylic acids is 1. The Balaban J connectivity index is 2.07. The molecule has 2 N–H and O–H groups in total. The SMILES string of the molecule is COC(=O)c1ccc([C@H]2CS[C@@H](C(=O)O)N2)cc1. The molecule has 2 atom stereocenters. The molecule has 18 heavy (non-hydrogen) atoms. The van der Waals surface area contributed by atoms with Crippen molar-refractivity contribution >= 4 is 23.7 Å². The van der Waals surface area contributed by atoms with Crippen LogP contribution in [-0.4, -0.2) is 35.3 Å². The van der Waals surface area contributed by atoms with Crippen LogP contribution in [0.15, 0.2) is 24.3 Å². The van der Waals surface area contributed by atoms with Crippen molar-refractivity contribution in [1.82, 2.24) is 5.32 Å². The van der Waals surface area contributed by atoms with Crippen LogP contribution in [0.5, 0.6) is 0 Å². The van der Waals surface area contributed by atoms with Crippen LogP contribution < -0.4 is 5.32 Å². The molecular formula is C12H13NO4S. The number of carboxylic acids is 1. The monoisotopic (exact) mass is 267 g/mol. The first-order chi connectivity index (χ1) is 8.61. The molecule has 1 fully saturated rings. The molecule has 1 aliphatic heterocycles. The van der Waals surface area contributed by atoms with Crippen molar-refractivity contribution in [1.29, 1.82) is 0 Å². The van der Waals surface area contributed by atoms with Crippen molar-refractivity contribution in [3.8, 4) is 0 Å². The van der Waals surface area contributed by atoms with Crippen LogP contribution >= 0.6 is 11.8 Å². The van der Waals surface area contributed by atoms with Crippen molar-refractivity contribution in [2.24, 2.45) is 0 Å². The van der Waals surface area contributed by atoms with E-state index in [1.165, 1.54) is 18.9 Å². The topological polar surface area (TPSA) is 75.6 Å². The summed E-state index contributed by atoms with van der Waals surface area (Å²) in [5.41, 5.74) is 1.46. The molecule has 1 heterocycles. The first-order valence-corrected chi connectivity index (χ1v) is 6.45. The van der Waals surface area contributed by atoms with E-state index in [2.05, 4.69) is 10.1 Å². The second kappa shape index (κ2) is 5.41. The van der Waals surface area contributed by atoms with E-state index in [-0.39, 0.29) is 12.0 Å². The van der Waals surface area contributed by atoms with Crippen LogP contribution in [0.4, 0.5) is 0 Å². The van der Waals surface area contributed by atoms with Crippen LogP contribution in [-0.2, 0) is 9.53 Å². The van der Waals surface area contributed by atoms with Crippen molar-refractivity contribution in [3.63, 3.8) is 0 Å². The van der Waals surface area contributed by atoms with Crippen LogP contribution in [0.2, 0.25) is 0 Å². The van der Waals surface area contributed by atoms with Crippen molar-refractivity contribution in [2.45, 2.75) is 11.4 Å². The van der Waals surface area contributed by atoms with Gasteiger partial charge in [0.15, 0.2) is 5.37 Å². The molecule has 0 unspecified atom stereocenters. The molecule has 96 valence electrons. The fourth-order valence-corrected chi connectivity index (χ4v) is 2.85. The predicted molar refractivity (Wildman–Crippen MR) is 67.5 cm³/mol. The molecule has 0 bridgehead atoms. The van der Waals surface area contributed by atoms with Crippen LogP contribution in [0, 0.1) is 0 Å². The van der Waals surface area contributed by atoms with E-state index < -0.39 is 11.3 Å². The van der Waals surface area contributed by atoms with Gasteiger partial charge in [-0.25, -0.2) is 9.59 Å². The quantitative estimate of drug-likeness (QED) is 0.803. The highest BCUT2D eigenvalue weighted by Crippen LogP contribution is 2.29. The Bertz CT molecular complexity index is 460. The third-order valence-electron chi connectivity index (χ3n) is 2.74. The summed E-state index contributed by atoms with van der Waals surface area (Å²) in [5, 5.41) is 11.3. The maximum atomic E-state index is 11.3. The van der Waals surface area contributed by atoms with Gasteiger partial charge in [-0.15, -0.1) is 11.8 Å². The number of ether oxygens (including phenoxy) is 1. The highest BCUT2D eigenvalue weighted by atomic mass is 32.2. The van der Waals surface area contributed by atoms with Gasteiger partial charge in [-0.1, -0.05) is 12.1 Å². The van der Waals surface area contributed by atoms with Gasteiger partial charge < -0.3 is 9.84 Å². The molecule has 0 aliphatic carbocycles. The molecule has 1 aromatic rings. The zero-order valence-electron chi connectivity index (χ0n) is 9.75. The summed E-state index contributed by atoms with van der Waals surface area (Å²) >= 11 is 1.37. The average Bonchev–Trinajstić information content (AvgIpc) is 2.88. The molecule has 0 saturated carbocycles. The van der Waals surface area contributed by atoms with E-state index in [9.17, 15) is 9.59 Å². The lowest BCUT2D eigenvalue weighted by atomic mass is 10.1. The summed E-state index contributed by atoms with van der Waals surface area (Å²) in [7, 11) is 1.34. The molecule has 1 aromatic carbocycles. The van der Waals surface area contributed by atoms with E-state index in [4.69, 9.17) is 5.11 Å². The lowest BCUT2D eigenvalue weighted by Gasteiger charge is -2.11. The Kier molecular flexibility index (Phi) is 3.88. The summed E-state index contributed by atoms with van der Waals surface area (Å²) in [4.78, 5) is 22.1. The first-order valence-electron chi connectivity index (χ1n) is 5.40. The number of benzene rings is 1. The fourth-order valence-electron chi connectivity index (χ4n) is 1.78. The minimum Gasteiger partial charge on any atom is -0.479 e. The van der Waals surface area contributed by atoms with Gasteiger partial charge in [0, 0.05) is 11.8 Å². The number of nitrogens with one attached hydrogen (secondary N) is 1. The van der Waals surface area contributed by atoms with Crippen molar-refractivity contribution < 1.29 is 19.4 Å². The predicted octanol–water partition coefficient (Wildman–Crippen LogP) is 1.26. The van der Waals surface area contributed by atoms with E-state index in [1.807, 2.05) is 12.1 Å². The number of rotatable bonds is 3. The molecule has 1 saturated heterocycles. The van der Waals surface area contributed by atoms with Gasteiger partial charge in [0.25, 0.3) is 0 Å². The number of thioether (sulfide) groups is 1. The maximum absolute atomic E-state index is 11.3. The third kappa shape index (κ3) is 2.65. The second-order valence-electron chi connectivity index (χ2n) is 3.88. The largest absolute Gasteiger partial charge is 0.479 e. The number of hydrogen-bond acceptors (Lipinski definition) is 5. The van der Waals surface area contributed by atoms with E-state index in [1.54, 1.807) is 12.1 Å². The number of carboxylic acid groups (broad SMARTS) is 1. The minimum absolute atomic E-state index is 0.00259. The molecule has 2 rings (SSSR count). The Labute approximate surface area is 109 Å². The zero-order chi connectivity index (χ0) is 13.1. The normalized spacial score (nSPS) is 22.7. The number of hydrogen-bond donors (Lipinski definition) is 2. The van der Waals surface area contributed by atoms with Gasteiger partial charge >= 0.3 is 11.9 Å². The third-order valence-corrected chi connectivity index (χ3v) is 3.94. The molecule has 0 aromatic heterocycles. The van der Waals surface area contributed by atoms with Crippen molar-refractivity contribution in [3.05, 3.63) is 35.4 Å². The summed E-state index contributed by atoms with van der Waals surface area (Å²) in [5.74, 6) is -0.526. The Hall–Kier alpha value is -1.53. The van der Waals surface area contributed by atoms with E-state index >= 15 is 0 Å². The number of aliphatic carboxylic acids is 1. The molecular weight excluding hydrogens is 254 g/mol. The summed E-state index contributed by atoms with van der Waals surface area (Å²) in [6.07, 6.45) is 0. The first kappa shape index (κ1) is 12.9. The highest BCUT2D eigenvalue weighted by Gasteiger charge is 2.30. The van der Waals surface area contributed by atoms with Gasteiger partial charge in [0.2, 0.25) is 0 Å². The smallest absolute Gasteiger partial charge is 0.337 e. The van der Waals surface area contributed by atoms with Crippen molar-refractivity contribution in [2.75, 3.05) is 12.9 Å². The number of methoxy groups -OCH3 is 1. The van der Waals surface area contributed by atoms with Gasteiger partial charge in [0.1, 0.15) is 0 Å². The number of carbonyl (C=O) groups is 2. The Morgan fingerprint density at radius 3 is 2.56 bits per heavy atom. The van der Waals surface area contributed by atoms with Crippen LogP contribution in [0.25, 0.3) is 0 Å². The fraction of sp³-hybridized carbons (Fsp3) is 0.333. The maximum Gasteiger partial charge on any atom is 0.337 e. The van der Waals surface area contributed by atoms with Gasteiger partial charge in [0.05, 0.1) is 12.7 Å². The molecule has 1 aliphatic rings. The Morgan fingerprint density at radius 1 is 1.39 bits per heavy atom. The lowest BCUT2D eigenvalue weighted by Crippen LogP contribution is -2.30. The molecule has 0 radical (unpaired) electrons. The second-order valence-corrected chi connectivity index (χ2v) is 5.02. The van der Waals surface area contributed by atoms with Crippen LogP contribution in [0.3, 0.4) is 0 Å². The van der Waals surface area contributed by atoms with Crippen LogP contribution in [0.1, 0.15) is 22.0 Å². The van der Waals surface area contributed by atoms with E-state index in [0.717, 1.165) is 5.56 Å². The summed E-state index contributed by atoms with van der Waals surface area (Å²) in [6, 6.07) is 7.00. The summed E-state index contributed by atoms with van der Waals surface area (Å²) < 4.78 is 4.61.